The zero-order chi connectivity index (χ0) is 23.1. The van der Waals surface area contributed by atoms with Gasteiger partial charge in [-0.1, -0.05) is 24.3 Å². The number of fused-ring (bicyclic) bond motifs is 1. The van der Waals surface area contributed by atoms with E-state index in [-0.39, 0.29) is 29.5 Å². The van der Waals surface area contributed by atoms with Crippen LogP contribution in [0.3, 0.4) is 0 Å². The van der Waals surface area contributed by atoms with Crippen LogP contribution in [-0.4, -0.2) is 32.8 Å². The first kappa shape index (κ1) is 20.9. The van der Waals surface area contributed by atoms with Gasteiger partial charge in [0.05, 0.1) is 11.6 Å². The number of hydrogen-bond donors (Lipinski definition) is 1. The standard InChI is InChI=1S/C26H21FN2O4/c1-15-11-18-12-17(8-9-21(18)33-15)24(30)22-23(19-6-2-3-7-20(19)27)29(26(32)25(22)31)14-16-5-4-10-28-13-16/h2-10,12-13,15,23,30H,11,14H2,1H3/t15-,23+/m1/s1. The largest absolute Gasteiger partial charge is 0.507 e. The van der Waals surface area contributed by atoms with E-state index in [0.29, 0.717) is 17.5 Å². The maximum absolute atomic E-state index is 14.9. The Morgan fingerprint density at radius 2 is 2.00 bits per heavy atom. The molecule has 2 aromatic carbocycles. The summed E-state index contributed by atoms with van der Waals surface area (Å²) in [6, 6.07) is 13.5. The van der Waals surface area contributed by atoms with Gasteiger partial charge in [-0.3, -0.25) is 14.6 Å². The Bertz CT molecular complexity index is 1290. The van der Waals surface area contributed by atoms with Gasteiger partial charge < -0.3 is 14.7 Å². The number of benzene rings is 2. The molecule has 2 aliphatic rings. The third kappa shape index (κ3) is 3.65. The molecule has 0 aliphatic carbocycles. The van der Waals surface area contributed by atoms with Crippen molar-refractivity contribution >= 4 is 17.4 Å². The van der Waals surface area contributed by atoms with Crippen LogP contribution in [0.2, 0.25) is 0 Å². The van der Waals surface area contributed by atoms with E-state index in [1.165, 1.54) is 23.1 Å². The fourth-order valence-electron chi connectivity index (χ4n) is 4.48. The third-order valence-corrected chi connectivity index (χ3v) is 5.98. The number of ketones is 1. The molecule has 0 radical (unpaired) electrons. The molecule has 1 saturated heterocycles. The van der Waals surface area contributed by atoms with Crippen LogP contribution in [0, 0.1) is 5.82 Å². The molecule has 1 aromatic heterocycles. The number of carbonyl (C=O) groups is 2. The van der Waals surface area contributed by atoms with Crippen LogP contribution in [0.15, 0.2) is 72.6 Å². The summed E-state index contributed by atoms with van der Waals surface area (Å²) in [5.41, 5.74) is 1.97. The Kier molecular flexibility index (Phi) is 5.17. The molecular formula is C26H21FN2O4. The number of ether oxygens (including phenoxy) is 1. The van der Waals surface area contributed by atoms with Gasteiger partial charge >= 0.3 is 0 Å². The molecule has 166 valence electrons. The van der Waals surface area contributed by atoms with Gasteiger partial charge in [-0.25, -0.2) is 4.39 Å². The topological polar surface area (TPSA) is 79.7 Å². The normalized spacial score (nSPS) is 21.2. The van der Waals surface area contributed by atoms with Gasteiger partial charge in [0.2, 0.25) is 0 Å². The minimum Gasteiger partial charge on any atom is -0.507 e. The summed E-state index contributed by atoms with van der Waals surface area (Å²) in [7, 11) is 0. The maximum atomic E-state index is 14.9. The minimum absolute atomic E-state index is 0.0147. The van der Waals surface area contributed by atoms with Crippen LogP contribution in [0.4, 0.5) is 4.39 Å². The van der Waals surface area contributed by atoms with Gasteiger partial charge in [0, 0.05) is 36.5 Å². The predicted octanol–water partition coefficient (Wildman–Crippen LogP) is 4.17. The average Bonchev–Trinajstić information content (AvgIpc) is 3.31. The molecular weight excluding hydrogens is 423 g/mol. The van der Waals surface area contributed by atoms with E-state index in [1.807, 2.05) is 6.92 Å². The Labute approximate surface area is 190 Å². The third-order valence-electron chi connectivity index (χ3n) is 5.98. The van der Waals surface area contributed by atoms with Gasteiger partial charge in [-0.2, -0.15) is 0 Å². The van der Waals surface area contributed by atoms with Gasteiger partial charge in [0.15, 0.2) is 0 Å². The van der Waals surface area contributed by atoms with Crippen LogP contribution >= 0.6 is 0 Å². The fraction of sp³-hybridized carbons (Fsp3) is 0.192. The van der Waals surface area contributed by atoms with E-state index < -0.39 is 23.5 Å². The molecule has 5 rings (SSSR count). The summed E-state index contributed by atoms with van der Waals surface area (Å²) in [5.74, 6) is -1.83. The number of Topliss-reactive ketones (excluding diaryl/α,β-unsaturated/α-hetero) is 1. The van der Waals surface area contributed by atoms with Crippen LogP contribution in [0.25, 0.3) is 5.76 Å². The molecule has 0 bridgehead atoms. The minimum atomic E-state index is -1.07. The zero-order valence-electron chi connectivity index (χ0n) is 17.9. The number of pyridine rings is 1. The molecule has 3 aromatic rings. The van der Waals surface area contributed by atoms with Crippen LogP contribution in [-0.2, 0) is 22.6 Å². The summed E-state index contributed by atoms with van der Waals surface area (Å²) >= 11 is 0. The maximum Gasteiger partial charge on any atom is 0.295 e. The van der Waals surface area contributed by atoms with Gasteiger partial charge in [-0.05, 0) is 48.4 Å². The zero-order valence-corrected chi connectivity index (χ0v) is 17.9. The van der Waals surface area contributed by atoms with Crippen molar-refractivity contribution in [3.63, 3.8) is 0 Å². The van der Waals surface area contributed by atoms with Crippen LogP contribution < -0.4 is 4.74 Å². The first-order chi connectivity index (χ1) is 15.9. The molecule has 0 saturated carbocycles. The molecule has 1 N–H and O–H groups in total. The van der Waals surface area contributed by atoms with Crippen LogP contribution in [0.1, 0.15) is 35.2 Å². The van der Waals surface area contributed by atoms with Crippen molar-refractivity contribution in [2.24, 2.45) is 0 Å². The molecule has 2 atom stereocenters. The Hall–Kier alpha value is -4.00. The molecule has 3 heterocycles. The quantitative estimate of drug-likeness (QED) is 0.371. The average molecular weight is 444 g/mol. The molecule has 1 fully saturated rings. The Morgan fingerprint density at radius 3 is 2.76 bits per heavy atom. The number of halogens is 1. The molecule has 0 unspecified atom stereocenters. The van der Waals surface area contributed by atoms with E-state index >= 15 is 0 Å². The molecule has 7 heteroatoms. The highest BCUT2D eigenvalue weighted by molar-refractivity contribution is 6.46. The highest BCUT2D eigenvalue weighted by atomic mass is 19.1. The lowest BCUT2D eigenvalue weighted by Crippen LogP contribution is -2.29. The number of rotatable bonds is 4. The van der Waals surface area contributed by atoms with Crippen molar-refractivity contribution in [1.82, 2.24) is 9.88 Å². The Morgan fingerprint density at radius 1 is 1.18 bits per heavy atom. The molecule has 6 nitrogen and oxygen atoms in total. The number of amides is 1. The summed E-state index contributed by atoms with van der Waals surface area (Å²) in [4.78, 5) is 31.5. The summed E-state index contributed by atoms with van der Waals surface area (Å²) < 4.78 is 20.6. The second kappa shape index (κ2) is 8.16. The highest BCUT2D eigenvalue weighted by Crippen LogP contribution is 2.42. The van der Waals surface area contributed by atoms with Gasteiger partial charge in [0.25, 0.3) is 11.7 Å². The molecule has 1 amide bonds. The lowest BCUT2D eigenvalue weighted by Gasteiger charge is -2.25. The molecule has 33 heavy (non-hydrogen) atoms. The fourth-order valence-corrected chi connectivity index (χ4v) is 4.48. The van der Waals surface area contributed by atoms with Crippen molar-refractivity contribution in [1.29, 1.82) is 0 Å². The highest BCUT2D eigenvalue weighted by Gasteiger charge is 2.47. The van der Waals surface area contributed by atoms with Crippen molar-refractivity contribution in [2.75, 3.05) is 0 Å². The van der Waals surface area contributed by atoms with Gasteiger partial charge in [-0.15, -0.1) is 0 Å². The smallest absolute Gasteiger partial charge is 0.295 e. The number of aromatic nitrogens is 1. The first-order valence-corrected chi connectivity index (χ1v) is 10.7. The van der Waals surface area contributed by atoms with E-state index in [4.69, 9.17) is 4.74 Å². The number of nitrogens with zero attached hydrogens (tertiary/aromatic N) is 2. The SMILES string of the molecule is C[C@@H]1Cc2cc(C(O)=C3C(=O)C(=O)N(Cc4cccnc4)[C@H]3c3ccccc3F)ccc2O1. The monoisotopic (exact) mass is 444 g/mol. The summed E-state index contributed by atoms with van der Waals surface area (Å²) in [5, 5.41) is 11.2. The van der Waals surface area contributed by atoms with Crippen molar-refractivity contribution in [3.05, 3.63) is 101 Å². The second-order valence-electron chi connectivity index (χ2n) is 8.26. The first-order valence-electron chi connectivity index (χ1n) is 10.7. The number of hydrogen-bond acceptors (Lipinski definition) is 5. The number of aliphatic hydroxyl groups excluding tert-OH is 1. The predicted molar refractivity (Wildman–Crippen MR) is 119 cm³/mol. The van der Waals surface area contributed by atoms with E-state index in [2.05, 4.69) is 4.98 Å². The lowest BCUT2D eigenvalue weighted by atomic mass is 9.94. The van der Waals surface area contributed by atoms with E-state index in [9.17, 15) is 19.1 Å². The van der Waals surface area contributed by atoms with Gasteiger partial charge in [0.1, 0.15) is 23.4 Å². The second-order valence-corrected chi connectivity index (χ2v) is 8.26. The number of carbonyl (C=O) groups excluding carboxylic acids is 2. The van der Waals surface area contributed by atoms with Crippen molar-refractivity contribution in [3.8, 4) is 5.75 Å². The molecule has 0 spiro atoms. The molecule has 2 aliphatic heterocycles. The number of likely N-dealkylation sites (tertiary alicyclic amines) is 1. The van der Waals surface area contributed by atoms with E-state index in [1.54, 1.807) is 48.8 Å². The van der Waals surface area contributed by atoms with Crippen molar-refractivity contribution < 1.29 is 23.8 Å². The summed E-state index contributed by atoms with van der Waals surface area (Å²) in [6.45, 7) is 1.99. The Balaban J connectivity index is 1.65. The van der Waals surface area contributed by atoms with Crippen LogP contribution in [0.5, 0.6) is 5.75 Å². The summed E-state index contributed by atoms with van der Waals surface area (Å²) in [6.07, 6.45) is 3.87. The number of aliphatic hydroxyl groups is 1. The van der Waals surface area contributed by atoms with Crippen molar-refractivity contribution in [2.45, 2.75) is 32.0 Å². The van der Waals surface area contributed by atoms with E-state index in [0.717, 1.165) is 11.3 Å². The lowest BCUT2D eigenvalue weighted by molar-refractivity contribution is -0.140.